The van der Waals surface area contributed by atoms with E-state index in [1.807, 2.05) is 18.2 Å². The lowest BCUT2D eigenvalue weighted by atomic mass is 10.2. The maximum absolute atomic E-state index is 5.89. The molecular formula is C9H6BrClN2S. The Bertz CT molecular complexity index is 470. The molecule has 0 saturated carbocycles. The number of nitrogen functional groups attached to an aromatic ring is 1. The van der Waals surface area contributed by atoms with Gasteiger partial charge in [-0.1, -0.05) is 17.7 Å². The largest absolute Gasteiger partial charge is 0.389 e. The highest BCUT2D eigenvalue weighted by Crippen LogP contribution is 2.32. The van der Waals surface area contributed by atoms with Gasteiger partial charge in [-0.15, -0.1) is 11.3 Å². The second-order valence-electron chi connectivity index (χ2n) is 2.69. The summed E-state index contributed by atoms with van der Waals surface area (Å²) in [6.45, 7) is 0. The summed E-state index contributed by atoms with van der Waals surface area (Å²) >= 11 is 10.7. The summed E-state index contributed by atoms with van der Waals surface area (Å²) in [5, 5.41) is 1.40. The van der Waals surface area contributed by atoms with Crippen molar-refractivity contribution in [2.45, 2.75) is 0 Å². The smallest absolute Gasteiger partial charge is 0.114 e. The van der Waals surface area contributed by atoms with Crippen LogP contribution in [0.15, 0.2) is 28.2 Å². The first-order chi connectivity index (χ1) is 6.68. The number of nitrogens with two attached hydrogens (primary N) is 1. The van der Waals surface area contributed by atoms with Crippen molar-refractivity contribution in [2.75, 3.05) is 5.73 Å². The van der Waals surface area contributed by atoms with Crippen molar-refractivity contribution in [3.05, 3.63) is 33.2 Å². The van der Waals surface area contributed by atoms with Gasteiger partial charge in [0.05, 0.1) is 10.5 Å². The zero-order chi connectivity index (χ0) is 10.1. The normalized spacial score (nSPS) is 10.4. The van der Waals surface area contributed by atoms with Crippen LogP contribution in [-0.2, 0) is 0 Å². The SMILES string of the molecule is Nc1scnc1-c1ccc(Cl)c(Br)c1. The molecule has 0 spiro atoms. The molecule has 0 radical (unpaired) electrons. The lowest BCUT2D eigenvalue weighted by Crippen LogP contribution is -1.85. The fourth-order valence-electron chi connectivity index (χ4n) is 1.12. The lowest BCUT2D eigenvalue weighted by Gasteiger charge is -2.00. The summed E-state index contributed by atoms with van der Waals surface area (Å²) in [7, 11) is 0. The highest BCUT2D eigenvalue weighted by atomic mass is 79.9. The minimum absolute atomic E-state index is 0.683. The molecule has 0 unspecified atom stereocenters. The van der Waals surface area contributed by atoms with Crippen molar-refractivity contribution in [3.63, 3.8) is 0 Å². The Morgan fingerprint density at radius 3 is 2.79 bits per heavy atom. The van der Waals surface area contributed by atoms with Crippen LogP contribution in [-0.4, -0.2) is 4.98 Å². The Morgan fingerprint density at radius 1 is 1.43 bits per heavy atom. The van der Waals surface area contributed by atoms with E-state index in [-0.39, 0.29) is 0 Å². The van der Waals surface area contributed by atoms with Crippen molar-refractivity contribution in [2.24, 2.45) is 0 Å². The molecule has 0 saturated heterocycles. The minimum Gasteiger partial charge on any atom is -0.389 e. The summed E-state index contributed by atoms with van der Waals surface area (Å²) in [4.78, 5) is 4.19. The molecule has 1 heterocycles. The van der Waals surface area contributed by atoms with Crippen LogP contribution in [0.25, 0.3) is 11.3 Å². The van der Waals surface area contributed by atoms with E-state index in [2.05, 4.69) is 20.9 Å². The lowest BCUT2D eigenvalue weighted by molar-refractivity contribution is 1.41. The van der Waals surface area contributed by atoms with E-state index in [0.717, 1.165) is 20.7 Å². The van der Waals surface area contributed by atoms with E-state index in [9.17, 15) is 0 Å². The molecule has 2 nitrogen and oxygen atoms in total. The van der Waals surface area contributed by atoms with Gasteiger partial charge in [-0.3, -0.25) is 0 Å². The molecule has 0 amide bonds. The van der Waals surface area contributed by atoms with Gasteiger partial charge in [0.1, 0.15) is 10.7 Å². The van der Waals surface area contributed by atoms with Crippen LogP contribution in [0.1, 0.15) is 0 Å². The van der Waals surface area contributed by atoms with Crippen molar-refractivity contribution >= 4 is 43.9 Å². The molecule has 0 atom stereocenters. The van der Waals surface area contributed by atoms with E-state index in [4.69, 9.17) is 17.3 Å². The summed E-state index contributed by atoms with van der Waals surface area (Å²) in [6, 6.07) is 5.63. The summed E-state index contributed by atoms with van der Waals surface area (Å²) in [5.41, 5.74) is 9.28. The Morgan fingerprint density at radius 2 is 2.21 bits per heavy atom. The van der Waals surface area contributed by atoms with Crippen LogP contribution >= 0.6 is 38.9 Å². The molecule has 2 rings (SSSR count). The fraction of sp³-hybridized carbons (Fsp3) is 0. The van der Waals surface area contributed by atoms with Crippen LogP contribution in [0.5, 0.6) is 0 Å². The molecule has 0 bridgehead atoms. The topological polar surface area (TPSA) is 38.9 Å². The number of hydrogen-bond acceptors (Lipinski definition) is 3. The fourth-order valence-corrected chi connectivity index (χ4v) is 2.17. The molecule has 72 valence electrons. The van der Waals surface area contributed by atoms with Crippen molar-refractivity contribution in [3.8, 4) is 11.3 Å². The molecule has 2 N–H and O–H groups in total. The molecule has 2 aromatic rings. The van der Waals surface area contributed by atoms with E-state index in [1.165, 1.54) is 11.3 Å². The zero-order valence-corrected chi connectivity index (χ0v) is 10.2. The monoisotopic (exact) mass is 288 g/mol. The van der Waals surface area contributed by atoms with Crippen molar-refractivity contribution in [1.29, 1.82) is 0 Å². The number of nitrogens with zero attached hydrogens (tertiary/aromatic N) is 1. The van der Waals surface area contributed by atoms with Gasteiger partial charge in [0.2, 0.25) is 0 Å². The molecule has 14 heavy (non-hydrogen) atoms. The van der Waals surface area contributed by atoms with E-state index >= 15 is 0 Å². The minimum atomic E-state index is 0.683. The molecular weight excluding hydrogens is 284 g/mol. The third-order valence-electron chi connectivity index (χ3n) is 1.79. The van der Waals surface area contributed by atoms with Gasteiger partial charge in [0.25, 0.3) is 0 Å². The molecule has 1 aromatic heterocycles. The van der Waals surface area contributed by atoms with Gasteiger partial charge in [-0.05, 0) is 28.1 Å². The molecule has 1 aromatic carbocycles. The second-order valence-corrected chi connectivity index (χ2v) is 4.84. The number of benzene rings is 1. The number of thiazole rings is 1. The van der Waals surface area contributed by atoms with Crippen LogP contribution in [0, 0.1) is 0 Å². The predicted octanol–water partition coefficient (Wildman–Crippen LogP) is 3.81. The summed E-state index contributed by atoms with van der Waals surface area (Å²) in [5.74, 6) is 0. The van der Waals surface area contributed by atoms with E-state index < -0.39 is 0 Å². The first-order valence-corrected chi connectivity index (χ1v) is 5.88. The Labute approximate surface area is 98.9 Å². The molecule has 0 aliphatic heterocycles. The van der Waals surface area contributed by atoms with E-state index in [0.29, 0.717) is 5.02 Å². The quantitative estimate of drug-likeness (QED) is 0.867. The van der Waals surface area contributed by atoms with Crippen molar-refractivity contribution in [1.82, 2.24) is 4.98 Å². The molecule has 0 fully saturated rings. The van der Waals surface area contributed by atoms with Gasteiger partial charge in [-0.25, -0.2) is 4.98 Å². The van der Waals surface area contributed by atoms with Crippen LogP contribution < -0.4 is 5.73 Å². The summed E-state index contributed by atoms with van der Waals surface area (Å²) < 4.78 is 0.851. The third kappa shape index (κ3) is 1.78. The number of rotatable bonds is 1. The Hall–Kier alpha value is -0.580. The standard InChI is InChI=1S/C9H6BrClN2S/c10-6-3-5(1-2-7(6)11)8-9(12)14-4-13-8/h1-4H,12H2. The van der Waals surface area contributed by atoms with Crippen molar-refractivity contribution < 1.29 is 0 Å². The average Bonchev–Trinajstić information content (AvgIpc) is 2.57. The van der Waals surface area contributed by atoms with Gasteiger partial charge in [0, 0.05) is 10.0 Å². The zero-order valence-electron chi connectivity index (χ0n) is 7.00. The van der Waals surface area contributed by atoms with Gasteiger partial charge < -0.3 is 5.73 Å². The molecule has 5 heteroatoms. The number of anilines is 1. The number of halogens is 2. The van der Waals surface area contributed by atoms with Crippen LogP contribution in [0.2, 0.25) is 5.02 Å². The number of aromatic nitrogens is 1. The van der Waals surface area contributed by atoms with Gasteiger partial charge in [0.15, 0.2) is 0 Å². The Balaban J connectivity index is 2.53. The predicted molar refractivity (Wildman–Crippen MR) is 64.7 cm³/mol. The highest BCUT2D eigenvalue weighted by Gasteiger charge is 2.07. The first-order valence-electron chi connectivity index (χ1n) is 3.83. The first kappa shape index (κ1) is 9.96. The maximum atomic E-state index is 5.89. The second kappa shape index (κ2) is 3.88. The summed E-state index contributed by atoms with van der Waals surface area (Å²) in [6.07, 6.45) is 0. The Kier molecular flexibility index (Phi) is 2.76. The van der Waals surface area contributed by atoms with Gasteiger partial charge in [-0.2, -0.15) is 0 Å². The number of hydrogen-bond donors (Lipinski definition) is 1. The molecule has 0 aliphatic carbocycles. The van der Waals surface area contributed by atoms with Crippen LogP contribution in [0.4, 0.5) is 5.00 Å². The van der Waals surface area contributed by atoms with E-state index in [1.54, 1.807) is 5.51 Å². The molecule has 0 aliphatic rings. The average molecular weight is 290 g/mol. The third-order valence-corrected chi connectivity index (χ3v) is 3.66. The van der Waals surface area contributed by atoms with Gasteiger partial charge >= 0.3 is 0 Å². The highest BCUT2D eigenvalue weighted by molar-refractivity contribution is 9.10. The van der Waals surface area contributed by atoms with Crippen LogP contribution in [0.3, 0.4) is 0 Å². The maximum Gasteiger partial charge on any atom is 0.114 e.